The van der Waals surface area contributed by atoms with Crippen LogP contribution in [0, 0.1) is 5.41 Å². The second-order valence-corrected chi connectivity index (χ2v) is 19.1. The van der Waals surface area contributed by atoms with Gasteiger partial charge < -0.3 is 43.0 Å². The molecule has 0 aromatic carbocycles. The summed E-state index contributed by atoms with van der Waals surface area (Å²) >= 11 is 0. The molecule has 0 bridgehead atoms. The number of hydrogen-bond acceptors (Lipinski definition) is 11. The van der Waals surface area contributed by atoms with Crippen LogP contribution in [0.5, 0.6) is 0 Å². The molecular formula is C51H96N2O11. The molecule has 0 aliphatic carbocycles. The first-order valence-corrected chi connectivity index (χ1v) is 25.3. The molecule has 2 fully saturated rings. The molecule has 2 saturated heterocycles. The van der Waals surface area contributed by atoms with E-state index in [9.17, 15) is 24.0 Å². The van der Waals surface area contributed by atoms with Gasteiger partial charge in [-0.25, -0.2) is 0 Å². The zero-order valence-corrected chi connectivity index (χ0v) is 42.5. The second-order valence-electron chi connectivity index (χ2n) is 19.1. The third-order valence-corrected chi connectivity index (χ3v) is 11.2. The summed E-state index contributed by atoms with van der Waals surface area (Å²) in [5, 5.41) is 0. The van der Waals surface area contributed by atoms with E-state index in [1.807, 2.05) is 60.3 Å². The molecule has 13 heteroatoms. The summed E-state index contributed by atoms with van der Waals surface area (Å²) in [7, 11) is 0. The van der Waals surface area contributed by atoms with Gasteiger partial charge >= 0.3 is 11.9 Å². The highest BCUT2D eigenvalue weighted by molar-refractivity contribution is 5.77. The molecule has 0 unspecified atom stereocenters. The smallest absolute Gasteiger partial charge is 0.308 e. The van der Waals surface area contributed by atoms with Gasteiger partial charge in [0.25, 0.3) is 0 Å². The first-order chi connectivity index (χ1) is 30.6. The first-order valence-electron chi connectivity index (χ1n) is 25.3. The Hall–Kier alpha value is -2.61. The number of carbonyl (C=O) groups excluding carboxylic acids is 5. The third kappa shape index (κ3) is 35.6. The van der Waals surface area contributed by atoms with Crippen LogP contribution in [0.1, 0.15) is 204 Å². The number of likely N-dealkylation sites (tertiary alicyclic amines) is 2. The number of esters is 2. The van der Waals surface area contributed by atoms with E-state index < -0.39 is 11.2 Å². The molecule has 2 aliphatic heterocycles. The van der Waals surface area contributed by atoms with E-state index in [-0.39, 0.29) is 36.1 Å². The summed E-state index contributed by atoms with van der Waals surface area (Å²) in [6, 6.07) is 0. The molecule has 2 rings (SSSR count). The molecule has 64 heavy (non-hydrogen) atoms. The molecule has 13 nitrogen and oxygen atoms in total. The highest BCUT2D eigenvalue weighted by atomic mass is 16.6. The van der Waals surface area contributed by atoms with E-state index in [0.717, 1.165) is 64.6 Å². The predicted octanol–water partition coefficient (Wildman–Crippen LogP) is 10.2. The van der Waals surface area contributed by atoms with Gasteiger partial charge in [0.2, 0.25) is 11.8 Å². The van der Waals surface area contributed by atoms with Crippen molar-refractivity contribution in [3.05, 3.63) is 0 Å². The van der Waals surface area contributed by atoms with Gasteiger partial charge in [0.15, 0.2) is 0 Å². The van der Waals surface area contributed by atoms with Crippen LogP contribution in [-0.2, 0) is 52.4 Å². The molecule has 0 radical (unpaired) electrons. The van der Waals surface area contributed by atoms with Crippen LogP contribution in [0.3, 0.4) is 0 Å². The van der Waals surface area contributed by atoms with Crippen LogP contribution >= 0.6 is 0 Å². The van der Waals surface area contributed by atoms with E-state index in [1.54, 1.807) is 0 Å². The maximum Gasteiger partial charge on any atom is 0.308 e. The Morgan fingerprint density at radius 1 is 0.469 bits per heavy atom. The number of piperidine rings is 2. The lowest BCUT2D eigenvalue weighted by Gasteiger charge is -2.47. The third-order valence-electron chi connectivity index (χ3n) is 11.2. The molecule has 0 atom stereocenters. The maximum atomic E-state index is 12.8. The zero-order valence-electron chi connectivity index (χ0n) is 42.5. The van der Waals surface area contributed by atoms with Gasteiger partial charge in [0.1, 0.15) is 17.5 Å². The fourth-order valence-corrected chi connectivity index (χ4v) is 7.60. The van der Waals surface area contributed by atoms with Gasteiger partial charge in [-0.15, -0.1) is 0 Å². The van der Waals surface area contributed by atoms with E-state index in [0.29, 0.717) is 78.0 Å². The lowest BCUT2D eigenvalue weighted by atomic mass is 9.71. The number of carbonyl (C=O) groups is 5. The Morgan fingerprint density at radius 2 is 0.797 bits per heavy atom. The molecule has 1 spiro atoms. The minimum atomic E-state index is -0.481. The van der Waals surface area contributed by atoms with Gasteiger partial charge in [-0.05, 0) is 79.1 Å². The number of hydrogen-bond donors (Lipinski definition) is 0. The summed E-state index contributed by atoms with van der Waals surface area (Å²) in [6.45, 7) is 23.7. The molecule has 2 amide bonds. The van der Waals surface area contributed by atoms with Crippen LogP contribution < -0.4 is 0 Å². The van der Waals surface area contributed by atoms with E-state index in [2.05, 4.69) is 11.8 Å². The molecule has 376 valence electrons. The first kappa shape index (κ1) is 61.4. The predicted molar refractivity (Wildman–Crippen MR) is 255 cm³/mol. The Bertz CT molecular complexity index is 1180. The van der Waals surface area contributed by atoms with Gasteiger partial charge in [-0.2, -0.15) is 0 Å². The average molecular weight is 913 g/mol. The van der Waals surface area contributed by atoms with Gasteiger partial charge in [-0.1, -0.05) is 97.8 Å². The quantitative estimate of drug-likeness (QED) is 0.0361. The Balaban J connectivity index is 0.00000175. The van der Waals surface area contributed by atoms with Gasteiger partial charge in [0.05, 0.1) is 72.1 Å². The summed E-state index contributed by atoms with van der Waals surface area (Å²) in [5.41, 5.74) is -0.643. The summed E-state index contributed by atoms with van der Waals surface area (Å²) < 4.78 is 31.7. The number of unbranched alkanes of at least 4 members (excludes halogenated alkanes) is 12. The number of amides is 2. The van der Waals surface area contributed by atoms with Crippen molar-refractivity contribution < 1.29 is 52.4 Å². The van der Waals surface area contributed by atoms with Gasteiger partial charge in [-0.3, -0.25) is 19.2 Å². The zero-order chi connectivity index (χ0) is 48.0. The SMILES string of the molecule is CC.CC(C)(C)OC(=O)CCOCCOCCC=O.CCCCCCCCCCCCCCCC(=O)N1CCC2(CC1)CCN(C(=O)CCOCCOCCC(=O)OC(C)(C)C)CC2. The van der Waals surface area contributed by atoms with E-state index >= 15 is 0 Å². The highest BCUT2D eigenvalue weighted by Crippen LogP contribution is 2.41. The van der Waals surface area contributed by atoms with Crippen molar-refractivity contribution in [2.24, 2.45) is 5.41 Å². The normalized spacial score (nSPS) is 14.8. The monoisotopic (exact) mass is 913 g/mol. The van der Waals surface area contributed by atoms with Crippen LogP contribution in [0.25, 0.3) is 0 Å². The second kappa shape index (κ2) is 38.5. The molecular weight excluding hydrogens is 817 g/mol. The topological polar surface area (TPSA) is 147 Å². The molecule has 0 N–H and O–H groups in total. The number of aldehydes is 1. The minimum absolute atomic E-state index is 0.154. The number of ether oxygens (including phenoxy) is 6. The lowest BCUT2D eigenvalue weighted by molar-refractivity contribution is -0.157. The van der Waals surface area contributed by atoms with E-state index in [4.69, 9.17) is 28.4 Å². The molecule has 0 aromatic heterocycles. The van der Waals surface area contributed by atoms with Crippen LogP contribution in [0.15, 0.2) is 0 Å². The summed E-state index contributed by atoms with van der Waals surface area (Å²) in [6.07, 6.45) is 24.2. The minimum Gasteiger partial charge on any atom is -0.460 e. The number of nitrogens with zero attached hydrogens (tertiary/aromatic N) is 2. The summed E-state index contributed by atoms with van der Waals surface area (Å²) in [4.78, 5) is 62.5. The highest BCUT2D eigenvalue weighted by Gasteiger charge is 2.39. The van der Waals surface area contributed by atoms with Crippen molar-refractivity contribution in [3.63, 3.8) is 0 Å². The Morgan fingerprint density at radius 3 is 1.16 bits per heavy atom. The average Bonchev–Trinajstić information content (AvgIpc) is 3.24. The standard InChI is InChI=1S/C37H68N2O6.C12H22O5.C2H6/c1-5-6-7-8-9-10-11-12-13-14-15-16-17-18-33(40)38-25-21-37(22-26-38)23-27-39(28-24-37)34(41)19-29-43-31-32-44-30-20-35(42)45-36(2,3)4;1-12(2,3)17-11(14)5-8-16-10-9-15-7-4-6-13;1-2/h5-32H2,1-4H3;6H,4-5,7-10H2,1-3H3;1-2H3. The largest absolute Gasteiger partial charge is 0.460 e. The fraction of sp³-hybridized carbons (Fsp3) is 0.902. The van der Waals surface area contributed by atoms with Crippen LogP contribution in [0.2, 0.25) is 0 Å². The molecule has 2 aliphatic rings. The van der Waals surface area contributed by atoms with Crippen molar-refractivity contribution in [2.75, 3.05) is 79.0 Å². The Kier molecular flexibility index (Phi) is 36.9. The number of rotatable bonds is 32. The maximum absolute atomic E-state index is 12.8. The van der Waals surface area contributed by atoms with E-state index in [1.165, 1.54) is 77.0 Å². The summed E-state index contributed by atoms with van der Waals surface area (Å²) in [5.74, 6) is -0.0361. The molecule has 2 heterocycles. The van der Waals surface area contributed by atoms with Crippen molar-refractivity contribution in [1.82, 2.24) is 9.80 Å². The van der Waals surface area contributed by atoms with Crippen molar-refractivity contribution in [2.45, 2.75) is 215 Å². The van der Waals surface area contributed by atoms with Crippen molar-refractivity contribution in [1.29, 1.82) is 0 Å². The van der Waals surface area contributed by atoms with Crippen LogP contribution in [0.4, 0.5) is 0 Å². The van der Waals surface area contributed by atoms with Crippen LogP contribution in [-0.4, -0.2) is 130 Å². The molecule has 0 aromatic rings. The van der Waals surface area contributed by atoms with Crippen molar-refractivity contribution >= 4 is 30.0 Å². The lowest BCUT2D eigenvalue weighted by Crippen LogP contribution is -2.49. The van der Waals surface area contributed by atoms with Gasteiger partial charge in [0, 0.05) is 39.0 Å². The fourth-order valence-electron chi connectivity index (χ4n) is 7.60. The molecule has 0 saturated carbocycles. The Labute approximate surface area is 390 Å². The van der Waals surface area contributed by atoms with Crippen molar-refractivity contribution in [3.8, 4) is 0 Å².